The maximum absolute atomic E-state index is 6.03. The minimum Gasteiger partial charge on any atom is -0.213 e. The molecular weight excluding hydrogens is 212 g/mol. The number of rotatable bonds is 2. The van der Waals surface area contributed by atoms with Crippen molar-refractivity contribution in [2.24, 2.45) is 0 Å². The normalized spacial score (nSPS) is 9.87. The number of tetrazole rings is 1. The van der Waals surface area contributed by atoms with Gasteiger partial charge >= 0.3 is 0 Å². The highest BCUT2D eigenvalue weighted by Crippen LogP contribution is 2.24. The molecule has 1 heterocycles. The topological polar surface area (TPSA) is 43.6 Å². The summed E-state index contributed by atoms with van der Waals surface area (Å²) in [6.45, 7) is 0.327. The average molecular weight is 219 g/mol. The Morgan fingerprint density at radius 2 is 2.20 bits per heavy atom. The number of hydrogen-bond donors (Lipinski definition) is 0. The van der Waals surface area contributed by atoms with Crippen LogP contribution in [0.1, 0.15) is 0 Å². The first-order chi connectivity index (χ1) is 7.33. The van der Waals surface area contributed by atoms with E-state index in [9.17, 15) is 0 Å². The molecule has 0 N–H and O–H groups in total. The molecule has 0 saturated carbocycles. The van der Waals surface area contributed by atoms with Crippen molar-refractivity contribution < 1.29 is 0 Å². The molecule has 15 heavy (non-hydrogen) atoms. The molecule has 1 aromatic heterocycles. The van der Waals surface area contributed by atoms with Crippen molar-refractivity contribution in [1.29, 1.82) is 0 Å². The van der Waals surface area contributed by atoms with E-state index in [1.54, 1.807) is 6.07 Å². The Morgan fingerprint density at radius 3 is 2.93 bits per heavy atom. The summed E-state index contributed by atoms with van der Waals surface area (Å²) in [6.07, 6.45) is 5.21. The van der Waals surface area contributed by atoms with Crippen LogP contribution in [0.15, 0.2) is 24.3 Å². The minimum atomic E-state index is 0.327. The predicted octanol–water partition coefficient (Wildman–Crippen LogP) is 1.63. The first kappa shape index (κ1) is 9.69. The van der Waals surface area contributed by atoms with Gasteiger partial charge in [-0.15, -0.1) is 11.5 Å². The lowest BCUT2D eigenvalue weighted by molar-refractivity contribution is 0.675. The standard InChI is InChI=1S/C10H7ClN4/c1-2-7-15-10(12-13-14-15)8-5-3-4-6-9(8)11/h1,3-6H,7H2. The Labute approximate surface area is 91.9 Å². The highest BCUT2D eigenvalue weighted by molar-refractivity contribution is 6.33. The molecule has 74 valence electrons. The smallest absolute Gasteiger partial charge is 0.184 e. The number of aromatic nitrogens is 4. The van der Waals surface area contributed by atoms with Gasteiger partial charge in [0.1, 0.15) is 6.54 Å². The molecule has 0 saturated heterocycles. The van der Waals surface area contributed by atoms with Crippen LogP contribution in [-0.4, -0.2) is 20.2 Å². The molecule has 0 amide bonds. The van der Waals surface area contributed by atoms with Gasteiger partial charge in [-0.05, 0) is 22.6 Å². The molecule has 0 radical (unpaired) electrons. The van der Waals surface area contributed by atoms with Crippen LogP contribution in [0.3, 0.4) is 0 Å². The quantitative estimate of drug-likeness (QED) is 0.720. The summed E-state index contributed by atoms with van der Waals surface area (Å²) >= 11 is 6.03. The molecule has 5 heteroatoms. The van der Waals surface area contributed by atoms with Crippen molar-refractivity contribution >= 4 is 11.6 Å². The van der Waals surface area contributed by atoms with Gasteiger partial charge in [0.25, 0.3) is 0 Å². The third-order valence-corrected chi connectivity index (χ3v) is 2.22. The van der Waals surface area contributed by atoms with Gasteiger partial charge in [-0.3, -0.25) is 0 Å². The summed E-state index contributed by atoms with van der Waals surface area (Å²) in [7, 11) is 0. The summed E-state index contributed by atoms with van der Waals surface area (Å²) < 4.78 is 1.53. The molecule has 0 bridgehead atoms. The molecule has 0 fully saturated rings. The lowest BCUT2D eigenvalue weighted by Gasteiger charge is -2.02. The highest BCUT2D eigenvalue weighted by atomic mass is 35.5. The van der Waals surface area contributed by atoms with Crippen LogP contribution >= 0.6 is 11.6 Å². The molecule has 4 nitrogen and oxygen atoms in total. The fourth-order valence-electron chi connectivity index (χ4n) is 1.23. The molecule has 0 spiro atoms. The first-order valence-electron chi connectivity index (χ1n) is 4.27. The van der Waals surface area contributed by atoms with E-state index in [4.69, 9.17) is 18.0 Å². The maximum atomic E-state index is 6.03. The maximum Gasteiger partial charge on any atom is 0.184 e. The number of benzene rings is 1. The Bertz CT molecular complexity index is 512. The van der Waals surface area contributed by atoms with Crippen molar-refractivity contribution in [1.82, 2.24) is 20.2 Å². The molecule has 2 rings (SSSR count). The van der Waals surface area contributed by atoms with Gasteiger partial charge in [0, 0.05) is 5.56 Å². The first-order valence-corrected chi connectivity index (χ1v) is 4.65. The molecule has 0 aliphatic heterocycles. The molecule has 0 aliphatic rings. The van der Waals surface area contributed by atoms with Crippen molar-refractivity contribution in [2.45, 2.75) is 6.54 Å². The van der Waals surface area contributed by atoms with E-state index in [0.29, 0.717) is 17.4 Å². The zero-order valence-electron chi connectivity index (χ0n) is 7.76. The summed E-state index contributed by atoms with van der Waals surface area (Å²) in [5.41, 5.74) is 0.777. The SMILES string of the molecule is C#CCn1nnnc1-c1ccccc1Cl. The Hall–Kier alpha value is -1.86. The zero-order chi connectivity index (χ0) is 10.7. The Kier molecular flexibility index (Phi) is 2.66. The zero-order valence-corrected chi connectivity index (χ0v) is 8.52. The predicted molar refractivity (Wildman–Crippen MR) is 57.1 cm³/mol. The van der Waals surface area contributed by atoms with Crippen LogP contribution in [0, 0.1) is 12.3 Å². The molecule has 1 aromatic carbocycles. The Morgan fingerprint density at radius 1 is 1.40 bits per heavy atom. The second-order valence-electron chi connectivity index (χ2n) is 2.84. The van der Waals surface area contributed by atoms with E-state index in [1.165, 1.54) is 4.68 Å². The van der Waals surface area contributed by atoms with Crippen LogP contribution in [0.5, 0.6) is 0 Å². The van der Waals surface area contributed by atoms with Crippen molar-refractivity contribution in [2.75, 3.05) is 0 Å². The highest BCUT2D eigenvalue weighted by Gasteiger charge is 2.10. The molecule has 2 aromatic rings. The van der Waals surface area contributed by atoms with Crippen LogP contribution in [0.4, 0.5) is 0 Å². The fraction of sp³-hybridized carbons (Fsp3) is 0.100. The summed E-state index contributed by atoms with van der Waals surface area (Å²) in [6, 6.07) is 7.35. The van der Waals surface area contributed by atoms with E-state index in [0.717, 1.165) is 5.56 Å². The van der Waals surface area contributed by atoms with Crippen molar-refractivity contribution in [3.63, 3.8) is 0 Å². The second kappa shape index (κ2) is 4.11. The van der Waals surface area contributed by atoms with E-state index in [2.05, 4.69) is 21.4 Å². The van der Waals surface area contributed by atoms with Gasteiger partial charge in [0.05, 0.1) is 5.02 Å². The van der Waals surface area contributed by atoms with Gasteiger partial charge in [0.15, 0.2) is 5.82 Å². The molecule has 0 aliphatic carbocycles. The Balaban J connectivity index is 2.51. The number of terminal acetylenes is 1. The second-order valence-corrected chi connectivity index (χ2v) is 3.25. The summed E-state index contributed by atoms with van der Waals surface area (Å²) in [4.78, 5) is 0. The lowest BCUT2D eigenvalue weighted by Crippen LogP contribution is -2.01. The van der Waals surface area contributed by atoms with Gasteiger partial charge in [-0.25, -0.2) is 4.68 Å². The minimum absolute atomic E-state index is 0.327. The summed E-state index contributed by atoms with van der Waals surface area (Å²) in [5, 5.41) is 11.8. The molecule has 0 unspecified atom stereocenters. The number of halogens is 1. The van der Waals surface area contributed by atoms with Gasteiger partial charge in [-0.1, -0.05) is 29.7 Å². The summed E-state index contributed by atoms with van der Waals surface area (Å²) in [5.74, 6) is 3.06. The fourth-order valence-corrected chi connectivity index (χ4v) is 1.45. The lowest BCUT2D eigenvalue weighted by atomic mass is 10.2. The molecule has 0 atom stereocenters. The number of hydrogen-bond acceptors (Lipinski definition) is 3. The largest absolute Gasteiger partial charge is 0.213 e. The van der Waals surface area contributed by atoms with Crippen molar-refractivity contribution in [3.8, 4) is 23.7 Å². The van der Waals surface area contributed by atoms with Gasteiger partial charge in [0.2, 0.25) is 0 Å². The molecular formula is C10H7ClN4. The number of nitrogens with zero attached hydrogens (tertiary/aromatic N) is 4. The van der Waals surface area contributed by atoms with Gasteiger partial charge < -0.3 is 0 Å². The monoisotopic (exact) mass is 218 g/mol. The third kappa shape index (κ3) is 1.83. The van der Waals surface area contributed by atoms with Gasteiger partial charge in [-0.2, -0.15) is 0 Å². The van der Waals surface area contributed by atoms with Crippen LogP contribution < -0.4 is 0 Å². The van der Waals surface area contributed by atoms with E-state index < -0.39 is 0 Å². The third-order valence-electron chi connectivity index (χ3n) is 1.89. The van der Waals surface area contributed by atoms with E-state index in [1.807, 2.05) is 18.2 Å². The van der Waals surface area contributed by atoms with Crippen LogP contribution in [-0.2, 0) is 6.54 Å². The van der Waals surface area contributed by atoms with Crippen LogP contribution in [0.25, 0.3) is 11.4 Å². The average Bonchev–Trinajstić information content (AvgIpc) is 2.67. The van der Waals surface area contributed by atoms with E-state index in [-0.39, 0.29) is 0 Å². The van der Waals surface area contributed by atoms with Crippen LogP contribution in [0.2, 0.25) is 5.02 Å². The van der Waals surface area contributed by atoms with E-state index >= 15 is 0 Å². The van der Waals surface area contributed by atoms with Crippen molar-refractivity contribution in [3.05, 3.63) is 29.3 Å².